The predicted octanol–water partition coefficient (Wildman–Crippen LogP) is 1.66. The Kier molecular flexibility index (Phi) is 7.50. The Morgan fingerprint density at radius 2 is 2.14 bits per heavy atom. The van der Waals surface area contributed by atoms with Crippen LogP contribution in [0.2, 0.25) is 0 Å². The van der Waals surface area contributed by atoms with Crippen molar-refractivity contribution in [2.24, 2.45) is 0 Å². The molecule has 1 aromatic rings. The molecule has 0 radical (unpaired) electrons. The third-order valence-electron chi connectivity index (χ3n) is 3.16. The van der Waals surface area contributed by atoms with Gasteiger partial charge in [0.25, 0.3) is 0 Å². The van der Waals surface area contributed by atoms with E-state index in [1.807, 2.05) is 0 Å². The van der Waals surface area contributed by atoms with Gasteiger partial charge in [0.2, 0.25) is 5.91 Å². The minimum absolute atomic E-state index is 0. The maximum Gasteiger partial charge on any atom is 0.387 e. The molecule has 1 fully saturated rings. The number of likely N-dealkylation sites (N-methyl/N-ethyl adjacent to an activating group) is 1. The Hall–Kier alpha value is -1.44. The Labute approximate surface area is 134 Å². The second-order valence-electron chi connectivity index (χ2n) is 4.80. The molecule has 1 unspecified atom stereocenters. The van der Waals surface area contributed by atoms with Crippen LogP contribution < -0.4 is 10.1 Å². The van der Waals surface area contributed by atoms with Gasteiger partial charge in [-0.3, -0.25) is 4.79 Å². The first kappa shape index (κ1) is 18.6. The third-order valence-corrected chi connectivity index (χ3v) is 3.16. The van der Waals surface area contributed by atoms with Gasteiger partial charge in [-0.15, -0.1) is 12.4 Å². The molecule has 1 amide bonds. The van der Waals surface area contributed by atoms with Gasteiger partial charge >= 0.3 is 6.61 Å². The highest BCUT2D eigenvalue weighted by Crippen LogP contribution is 2.16. The highest BCUT2D eigenvalue weighted by Gasteiger charge is 2.24. The number of amides is 1. The van der Waals surface area contributed by atoms with Crippen molar-refractivity contribution in [3.8, 4) is 5.75 Å². The largest absolute Gasteiger partial charge is 0.435 e. The number of benzene rings is 1. The van der Waals surface area contributed by atoms with Gasteiger partial charge in [0.1, 0.15) is 11.8 Å². The van der Waals surface area contributed by atoms with Gasteiger partial charge < -0.3 is 19.7 Å². The summed E-state index contributed by atoms with van der Waals surface area (Å²) < 4.78 is 33.6. The van der Waals surface area contributed by atoms with Crippen LogP contribution >= 0.6 is 12.4 Å². The Bertz CT molecular complexity index is 468. The fourth-order valence-electron chi connectivity index (χ4n) is 2.12. The number of nitrogens with one attached hydrogen (secondary N) is 1. The zero-order valence-electron chi connectivity index (χ0n) is 12.1. The van der Waals surface area contributed by atoms with Crippen LogP contribution in [-0.2, 0) is 16.1 Å². The van der Waals surface area contributed by atoms with Crippen molar-refractivity contribution >= 4 is 18.3 Å². The highest BCUT2D eigenvalue weighted by atomic mass is 35.5. The number of morpholine rings is 1. The molecule has 0 saturated carbocycles. The lowest BCUT2D eigenvalue weighted by atomic mass is 10.2. The molecule has 1 aromatic carbocycles. The number of hydrogen-bond acceptors (Lipinski definition) is 4. The average molecular weight is 337 g/mol. The van der Waals surface area contributed by atoms with Crippen molar-refractivity contribution in [2.45, 2.75) is 19.2 Å². The molecule has 1 atom stereocenters. The van der Waals surface area contributed by atoms with Crippen LogP contribution in [0.4, 0.5) is 8.78 Å². The van der Waals surface area contributed by atoms with E-state index in [1.54, 1.807) is 24.1 Å². The molecule has 1 aliphatic rings. The van der Waals surface area contributed by atoms with E-state index in [4.69, 9.17) is 4.74 Å². The summed E-state index contributed by atoms with van der Waals surface area (Å²) in [7, 11) is 1.70. The lowest BCUT2D eigenvalue weighted by Gasteiger charge is -2.27. The number of alkyl halides is 2. The maximum absolute atomic E-state index is 12.2. The topological polar surface area (TPSA) is 50.8 Å². The normalized spacial score (nSPS) is 17.7. The molecule has 22 heavy (non-hydrogen) atoms. The van der Waals surface area contributed by atoms with E-state index in [0.29, 0.717) is 26.3 Å². The minimum Gasteiger partial charge on any atom is -0.435 e. The molecule has 0 spiro atoms. The van der Waals surface area contributed by atoms with E-state index in [9.17, 15) is 13.6 Å². The third kappa shape index (κ3) is 5.40. The number of ether oxygens (including phenoxy) is 2. The molecular weight excluding hydrogens is 318 g/mol. The van der Waals surface area contributed by atoms with E-state index in [0.717, 1.165) is 5.56 Å². The quantitative estimate of drug-likeness (QED) is 0.888. The number of carbonyl (C=O) groups excluding carboxylic acids is 1. The summed E-state index contributed by atoms with van der Waals surface area (Å²) in [6, 6.07) is 5.91. The van der Waals surface area contributed by atoms with Crippen LogP contribution in [0.1, 0.15) is 5.56 Å². The van der Waals surface area contributed by atoms with Gasteiger partial charge in [-0.25, -0.2) is 0 Å². The first-order valence-corrected chi connectivity index (χ1v) is 6.66. The zero-order chi connectivity index (χ0) is 15.2. The van der Waals surface area contributed by atoms with E-state index in [2.05, 4.69) is 10.1 Å². The average Bonchev–Trinajstić information content (AvgIpc) is 2.49. The SMILES string of the molecule is CN(Cc1ccc(OC(F)F)cc1)C(=O)C1COCCN1.Cl. The van der Waals surface area contributed by atoms with Crippen molar-refractivity contribution in [3.05, 3.63) is 29.8 Å². The van der Waals surface area contributed by atoms with Gasteiger partial charge in [-0.2, -0.15) is 8.78 Å². The van der Waals surface area contributed by atoms with Crippen molar-refractivity contribution in [1.82, 2.24) is 10.2 Å². The maximum atomic E-state index is 12.2. The molecular formula is C14H19ClF2N2O3. The smallest absolute Gasteiger partial charge is 0.387 e. The number of carbonyl (C=O) groups is 1. The van der Waals surface area contributed by atoms with Gasteiger partial charge in [-0.1, -0.05) is 12.1 Å². The van der Waals surface area contributed by atoms with Gasteiger partial charge in [-0.05, 0) is 17.7 Å². The summed E-state index contributed by atoms with van der Waals surface area (Å²) in [5.74, 6) is 0.0488. The molecule has 2 rings (SSSR count). The van der Waals surface area contributed by atoms with Gasteiger partial charge in [0, 0.05) is 20.1 Å². The summed E-state index contributed by atoms with van der Waals surface area (Å²) in [5, 5.41) is 3.10. The fraction of sp³-hybridized carbons (Fsp3) is 0.500. The second-order valence-corrected chi connectivity index (χ2v) is 4.80. The number of nitrogens with zero attached hydrogens (tertiary/aromatic N) is 1. The molecule has 8 heteroatoms. The molecule has 1 N–H and O–H groups in total. The van der Waals surface area contributed by atoms with E-state index in [1.165, 1.54) is 12.1 Å². The molecule has 124 valence electrons. The van der Waals surface area contributed by atoms with Crippen LogP contribution in [0.15, 0.2) is 24.3 Å². The predicted molar refractivity (Wildman–Crippen MR) is 79.4 cm³/mol. The zero-order valence-corrected chi connectivity index (χ0v) is 12.9. The van der Waals surface area contributed by atoms with E-state index in [-0.39, 0.29) is 30.1 Å². The number of halogens is 3. The van der Waals surface area contributed by atoms with Crippen molar-refractivity contribution in [1.29, 1.82) is 0 Å². The molecule has 0 bridgehead atoms. The lowest BCUT2D eigenvalue weighted by Crippen LogP contribution is -2.51. The number of hydrogen-bond donors (Lipinski definition) is 1. The van der Waals surface area contributed by atoms with E-state index >= 15 is 0 Å². The molecule has 0 aliphatic carbocycles. The summed E-state index contributed by atoms with van der Waals surface area (Å²) >= 11 is 0. The Balaban J connectivity index is 0.00000242. The summed E-state index contributed by atoms with van der Waals surface area (Å²) in [4.78, 5) is 13.8. The first-order chi connectivity index (χ1) is 10.1. The van der Waals surface area contributed by atoms with Crippen molar-refractivity contribution in [3.63, 3.8) is 0 Å². The van der Waals surface area contributed by atoms with Crippen LogP contribution in [0.3, 0.4) is 0 Å². The summed E-state index contributed by atoms with van der Waals surface area (Å²) in [5.41, 5.74) is 0.837. The summed E-state index contributed by atoms with van der Waals surface area (Å²) in [6.07, 6.45) is 0. The molecule has 5 nitrogen and oxygen atoms in total. The highest BCUT2D eigenvalue weighted by molar-refractivity contribution is 5.85. The van der Waals surface area contributed by atoms with Crippen LogP contribution in [-0.4, -0.2) is 50.3 Å². The van der Waals surface area contributed by atoms with Gasteiger partial charge in [0.05, 0.1) is 13.2 Å². The molecule has 0 aromatic heterocycles. The summed E-state index contributed by atoms with van der Waals surface area (Å²) in [6.45, 7) is -0.809. The molecule has 1 aliphatic heterocycles. The molecule has 1 heterocycles. The minimum atomic E-state index is -2.84. The monoisotopic (exact) mass is 336 g/mol. The van der Waals surface area contributed by atoms with Gasteiger partial charge in [0.15, 0.2) is 0 Å². The lowest BCUT2D eigenvalue weighted by molar-refractivity contribution is -0.135. The van der Waals surface area contributed by atoms with Crippen LogP contribution in [0, 0.1) is 0 Å². The Morgan fingerprint density at radius 3 is 2.68 bits per heavy atom. The van der Waals surface area contributed by atoms with E-state index < -0.39 is 6.61 Å². The molecule has 1 saturated heterocycles. The standard InChI is InChI=1S/C14H18F2N2O3.ClH/c1-18(13(19)12-9-20-7-6-17-12)8-10-2-4-11(5-3-10)21-14(15)16;/h2-5,12,14,17H,6-9H2,1H3;1H. The van der Waals surface area contributed by atoms with Crippen molar-refractivity contribution in [2.75, 3.05) is 26.8 Å². The fourth-order valence-corrected chi connectivity index (χ4v) is 2.12. The van der Waals surface area contributed by atoms with Crippen LogP contribution in [0.25, 0.3) is 0 Å². The first-order valence-electron chi connectivity index (χ1n) is 6.66. The Morgan fingerprint density at radius 1 is 1.45 bits per heavy atom. The van der Waals surface area contributed by atoms with Crippen molar-refractivity contribution < 1.29 is 23.0 Å². The van der Waals surface area contributed by atoms with Crippen LogP contribution in [0.5, 0.6) is 5.75 Å². The second kappa shape index (κ2) is 8.87. The number of rotatable bonds is 5.